The van der Waals surface area contributed by atoms with Crippen LogP contribution in [0.1, 0.15) is 64.7 Å². The topological polar surface area (TPSA) is 46.5 Å². The van der Waals surface area contributed by atoms with Crippen molar-refractivity contribution in [3.63, 3.8) is 0 Å². The van der Waals surface area contributed by atoms with Gasteiger partial charge in [0.2, 0.25) is 0 Å². The third-order valence-corrected chi connectivity index (χ3v) is 3.57. The summed E-state index contributed by atoms with van der Waals surface area (Å²) >= 11 is 0. The van der Waals surface area contributed by atoms with E-state index in [4.69, 9.17) is 9.84 Å². The summed E-state index contributed by atoms with van der Waals surface area (Å²) in [6.07, 6.45) is 9.64. The lowest BCUT2D eigenvalue weighted by Gasteiger charge is -2.11. The van der Waals surface area contributed by atoms with E-state index >= 15 is 0 Å². The zero-order valence-electron chi connectivity index (χ0n) is 11.0. The highest BCUT2D eigenvalue weighted by atomic mass is 16.5. The van der Waals surface area contributed by atoms with Crippen LogP contribution in [0.15, 0.2) is 0 Å². The van der Waals surface area contributed by atoms with Crippen molar-refractivity contribution in [2.75, 3.05) is 13.2 Å². The fourth-order valence-electron chi connectivity index (χ4n) is 1.88. The van der Waals surface area contributed by atoms with E-state index < -0.39 is 0 Å². The average molecular weight is 242 g/mol. The van der Waals surface area contributed by atoms with Gasteiger partial charge in [0.05, 0.1) is 13.2 Å². The van der Waals surface area contributed by atoms with Gasteiger partial charge in [-0.15, -0.1) is 0 Å². The second-order valence-electron chi connectivity index (χ2n) is 5.34. The minimum absolute atomic E-state index is 0.0726. The Morgan fingerprint density at radius 2 is 1.82 bits per heavy atom. The fourth-order valence-corrected chi connectivity index (χ4v) is 1.88. The molecule has 100 valence electrons. The van der Waals surface area contributed by atoms with Gasteiger partial charge in [-0.1, -0.05) is 39.0 Å². The van der Waals surface area contributed by atoms with E-state index in [0.29, 0.717) is 13.0 Å². The molecule has 0 heterocycles. The fraction of sp³-hybridized carbons (Fsp3) is 0.929. The summed E-state index contributed by atoms with van der Waals surface area (Å²) in [5, 5.41) is 9.07. The lowest BCUT2D eigenvalue weighted by Crippen LogP contribution is -2.18. The number of aliphatic hydroxyl groups is 1. The van der Waals surface area contributed by atoms with Gasteiger partial charge in [-0.05, 0) is 19.3 Å². The molecule has 0 aromatic rings. The molecule has 3 heteroatoms. The first-order valence-corrected chi connectivity index (χ1v) is 6.99. The molecule has 17 heavy (non-hydrogen) atoms. The molecule has 0 atom stereocenters. The van der Waals surface area contributed by atoms with E-state index in [-0.39, 0.29) is 18.0 Å². The van der Waals surface area contributed by atoms with Crippen LogP contribution in [0.2, 0.25) is 0 Å². The summed E-state index contributed by atoms with van der Waals surface area (Å²) in [5.41, 5.74) is -0.0726. The minimum atomic E-state index is -0.0970. The summed E-state index contributed by atoms with van der Waals surface area (Å²) < 4.78 is 5.19. The number of esters is 1. The Bertz CT molecular complexity index is 222. The Kier molecular flexibility index (Phi) is 6.56. The number of ether oxygens (including phenoxy) is 1. The largest absolute Gasteiger partial charge is 0.465 e. The molecule has 3 nitrogen and oxygen atoms in total. The molecule has 0 amide bonds. The number of rotatable bonds is 10. The Balaban J connectivity index is 1.91. The van der Waals surface area contributed by atoms with Gasteiger partial charge in [-0.2, -0.15) is 0 Å². The maximum atomic E-state index is 11.4. The molecule has 0 spiro atoms. The number of aliphatic hydroxyl groups excluding tert-OH is 1. The van der Waals surface area contributed by atoms with Crippen molar-refractivity contribution in [3.8, 4) is 0 Å². The first-order chi connectivity index (χ1) is 8.22. The van der Waals surface area contributed by atoms with Gasteiger partial charge >= 0.3 is 5.97 Å². The number of unbranched alkanes of at least 4 members (excludes halogenated alkanes) is 5. The van der Waals surface area contributed by atoms with Crippen LogP contribution in [0.5, 0.6) is 0 Å². The summed E-state index contributed by atoms with van der Waals surface area (Å²) in [4.78, 5) is 11.4. The molecular weight excluding hydrogens is 216 g/mol. The predicted molar refractivity (Wildman–Crippen MR) is 67.7 cm³/mol. The first-order valence-electron chi connectivity index (χ1n) is 6.99. The Morgan fingerprint density at radius 3 is 2.41 bits per heavy atom. The molecule has 1 aliphatic rings. The Hall–Kier alpha value is -0.570. The van der Waals surface area contributed by atoms with Crippen LogP contribution in [0, 0.1) is 5.41 Å². The van der Waals surface area contributed by atoms with Crippen molar-refractivity contribution in [3.05, 3.63) is 0 Å². The third-order valence-electron chi connectivity index (χ3n) is 3.57. The van der Waals surface area contributed by atoms with Crippen LogP contribution in [0.3, 0.4) is 0 Å². The second kappa shape index (κ2) is 7.70. The Morgan fingerprint density at radius 1 is 1.18 bits per heavy atom. The van der Waals surface area contributed by atoms with Crippen molar-refractivity contribution in [1.29, 1.82) is 0 Å². The van der Waals surface area contributed by atoms with Crippen molar-refractivity contribution in [2.24, 2.45) is 5.41 Å². The van der Waals surface area contributed by atoms with Crippen LogP contribution in [0.25, 0.3) is 0 Å². The van der Waals surface area contributed by atoms with E-state index in [1.807, 2.05) is 0 Å². The molecule has 0 aromatic heterocycles. The average Bonchev–Trinajstić information content (AvgIpc) is 3.12. The molecular formula is C14H26O3. The van der Waals surface area contributed by atoms with E-state index in [0.717, 1.165) is 25.7 Å². The zero-order valence-corrected chi connectivity index (χ0v) is 11.0. The van der Waals surface area contributed by atoms with Crippen molar-refractivity contribution < 1.29 is 14.6 Å². The highest BCUT2D eigenvalue weighted by molar-refractivity contribution is 5.69. The molecule has 1 aliphatic carbocycles. The summed E-state index contributed by atoms with van der Waals surface area (Å²) in [6.45, 7) is 2.77. The van der Waals surface area contributed by atoms with Gasteiger partial charge in [0.15, 0.2) is 0 Å². The van der Waals surface area contributed by atoms with Gasteiger partial charge < -0.3 is 9.84 Å². The van der Waals surface area contributed by atoms with Crippen molar-refractivity contribution in [1.82, 2.24) is 0 Å². The molecule has 1 saturated carbocycles. The number of hydrogen-bond donors (Lipinski definition) is 1. The second-order valence-corrected chi connectivity index (χ2v) is 5.34. The normalized spacial score (nSPS) is 16.8. The first kappa shape index (κ1) is 14.5. The molecule has 1 rings (SSSR count). The van der Waals surface area contributed by atoms with E-state index in [9.17, 15) is 4.79 Å². The van der Waals surface area contributed by atoms with Crippen molar-refractivity contribution >= 4 is 5.97 Å². The van der Waals surface area contributed by atoms with Crippen LogP contribution in [-0.2, 0) is 9.53 Å². The quantitative estimate of drug-likeness (QED) is 0.473. The van der Waals surface area contributed by atoms with Gasteiger partial charge in [0, 0.05) is 11.8 Å². The highest BCUT2D eigenvalue weighted by Gasteiger charge is 2.43. The third kappa shape index (κ3) is 6.06. The van der Waals surface area contributed by atoms with Gasteiger partial charge in [-0.3, -0.25) is 4.79 Å². The molecule has 0 aromatic carbocycles. The standard InChI is InChI=1S/C14H26O3/c1-2-3-4-5-6-7-8-13(16)17-12-14(11-15)9-10-14/h15H,2-12H2,1H3. The maximum Gasteiger partial charge on any atom is 0.305 e. The Labute approximate surface area is 105 Å². The molecule has 0 unspecified atom stereocenters. The summed E-state index contributed by atoms with van der Waals surface area (Å²) in [6, 6.07) is 0. The summed E-state index contributed by atoms with van der Waals surface area (Å²) in [7, 11) is 0. The van der Waals surface area contributed by atoms with Crippen LogP contribution in [0.4, 0.5) is 0 Å². The maximum absolute atomic E-state index is 11.4. The van der Waals surface area contributed by atoms with Gasteiger partial charge in [0.25, 0.3) is 0 Å². The smallest absolute Gasteiger partial charge is 0.305 e. The molecule has 0 saturated heterocycles. The number of hydrogen-bond acceptors (Lipinski definition) is 3. The number of carbonyl (C=O) groups excluding carboxylic acids is 1. The van der Waals surface area contributed by atoms with E-state index in [2.05, 4.69) is 6.92 Å². The minimum Gasteiger partial charge on any atom is -0.465 e. The van der Waals surface area contributed by atoms with E-state index in [1.54, 1.807) is 0 Å². The van der Waals surface area contributed by atoms with Crippen molar-refractivity contribution in [2.45, 2.75) is 64.7 Å². The number of carbonyl (C=O) groups is 1. The van der Waals surface area contributed by atoms with Crippen LogP contribution < -0.4 is 0 Å². The zero-order chi connectivity index (χ0) is 12.6. The van der Waals surface area contributed by atoms with Crippen LogP contribution in [-0.4, -0.2) is 24.3 Å². The van der Waals surface area contributed by atoms with Gasteiger partial charge in [-0.25, -0.2) is 0 Å². The molecule has 0 bridgehead atoms. The monoisotopic (exact) mass is 242 g/mol. The van der Waals surface area contributed by atoms with E-state index in [1.165, 1.54) is 25.7 Å². The molecule has 1 fully saturated rings. The van der Waals surface area contributed by atoms with Gasteiger partial charge in [0.1, 0.15) is 0 Å². The summed E-state index contributed by atoms with van der Waals surface area (Å²) in [5.74, 6) is -0.0970. The van der Waals surface area contributed by atoms with Crippen LogP contribution >= 0.6 is 0 Å². The predicted octanol–water partition coefficient (Wildman–Crippen LogP) is 3.05. The lowest BCUT2D eigenvalue weighted by molar-refractivity contribution is -0.146. The SMILES string of the molecule is CCCCCCCCC(=O)OCC1(CO)CC1. The molecule has 1 N–H and O–H groups in total. The molecule has 0 aliphatic heterocycles. The highest BCUT2D eigenvalue weighted by Crippen LogP contribution is 2.45. The molecule has 0 radical (unpaired) electrons. The lowest BCUT2D eigenvalue weighted by atomic mass is 10.1.